The molecule has 2 aliphatic rings. The molecule has 6 aromatic carbocycles. The van der Waals surface area contributed by atoms with E-state index >= 15 is 0 Å². The molecule has 1 spiro atoms. The van der Waals surface area contributed by atoms with Crippen LogP contribution in [-0.2, 0) is 5.41 Å². The first-order valence-electron chi connectivity index (χ1n) is 16.3. The third kappa shape index (κ3) is 3.68. The first kappa shape index (κ1) is 26.8. The molecule has 0 bridgehead atoms. The smallest absolute Gasteiger partial charge is 0.160 e. The molecule has 48 heavy (non-hydrogen) atoms. The summed E-state index contributed by atoms with van der Waals surface area (Å²) in [7, 11) is 0. The molecule has 0 amide bonds. The fourth-order valence-corrected chi connectivity index (χ4v) is 7.97. The van der Waals surface area contributed by atoms with Gasteiger partial charge in [-0.25, -0.2) is 9.97 Å². The van der Waals surface area contributed by atoms with Crippen LogP contribution < -0.4 is 4.90 Å². The Morgan fingerprint density at radius 2 is 1.10 bits per heavy atom. The molecule has 0 radical (unpaired) electrons. The molecule has 0 saturated carbocycles. The Hall–Kier alpha value is -6.39. The van der Waals surface area contributed by atoms with Gasteiger partial charge in [-0.3, -0.25) is 4.98 Å². The van der Waals surface area contributed by atoms with Crippen molar-refractivity contribution in [3.05, 3.63) is 192 Å². The van der Waals surface area contributed by atoms with E-state index in [4.69, 9.17) is 15.0 Å². The second-order valence-electron chi connectivity index (χ2n) is 12.4. The first-order valence-corrected chi connectivity index (χ1v) is 16.3. The molecular weight excluding hydrogens is 585 g/mol. The molecule has 0 unspecified atom stereocenters. The lowest BCUT2D eigenvalue weighted by Crippen LogP contribution is -2.36. The highest BCUT2D eigenvalue weighted by Crippen LogP contribution is 2.63. The summed E-state index contributed by atoms with van der Waals surface area (Å²) < 4.78 is 0. The molecule has 0 N–H and O–H groups in total. The van der Waals surface area contributed by atoms with E-state index < -0.39 is 5.41 Å². The summed E-state index contributed by atoms with van der Waals surface area (Å²) in [6.45, 7) is 0. The topological polar surface area (TPSA) is 41.9 Å². The van der Waals surface area contributed by atoms with Gasteiger partial charge in [0.15, 0.2) is 5.82 Å². The van der Waals surface area contributed by atoms with Crippen LogP contribution in [0.4, 0.5) is 17.1 Å². The van der Waals surface area contributed by atoms with Crippen molar-refractivity contribution in [3.63, 3.8) is 0 Å². The second kappa shape index (κ2) is 10.3. The van der Waals surface area contributed by atoms with Crippen LogP contribution in [0.2, 0.25) is 0 Å². The van der Waals surface area contributed by atoms with Crippen LogP contribution in [0, 0.1) is 0 Å². The van der Waals surface area contributed by atoms with E-state index in [0.717, 1.165) is 56.0 Å². The van der Waals surface area contributed by atoms with Gasteiger partial charge in [0.25, 0.3) is 0 Å². The number of nitrogens with zero attached hydrogens (tertiary/aromatic N) is 4. The molecule has 8 aromatic rings. The highest BCUT2D eigenvalue weighted by Gasteiger charge is 2.52. The Kier molecular flexibility index (Phi) is 5.75. The molecule has 0 atom stereocenters. The molecular formula is C44H28N4. The first-order chi connectivity index (χ1) is 23.8. The molecule has 10 rings (SSSR count). The van der Waals surface area contributed by atoms with E-state index in [1.54, 1.807) is 0 Å². The van der Waals surface area contributed by atoms with Gasteiger partial charge in [-0.2, -0.15) is 0 Å². The molecule has 2 aromatic heterocycles. The highest BCUT2D eigenvalue weighted by atomic mass is 15.2. The van der Waals surface area contributed by atoms with Crippen LogP contribution in [0.25, 0.3) is 44.8 Å². The molecule has 4 heteroatoms. The van der Waals surface area contributed by atoms with Gasteiger partial charge < -0.3 is 4.90 Å². The molecule has 224 valence electrons. The number of hydrogen-bond acceptors (Lipinski definition) is 4. The standard InChI is InChI=1S/C44H28N4/c1-3-14-29(15-4-1)41-33-18-7-10-22-38(33)46-43(47-41)30-25-26-32-37(28-30)44(36-21-13-27-45-42(32)36)34-19-8-11-23-39(34)48(31-16-5-2-6-17-31)40-24-12-9-20-35(40)44/h1-28H. The average Bonchev–Trinajstić information content (AvgIpc) is 3.45. The zero-order chi connectivity index (χ0) is 31.7. The number of hydrogen-bond donors (Lipinski definition) is 0. The van der Waals surface area contributed by atoms with E-state index in [9.17, 15) is 0 Å². The van der Waals surface area contributed by atoms with Crippen molar-refractivity contribution in [1.29, 1.82) is 0 Å². The number of aromatic nitrogens is 3. The molecule has 4 nitrogen and oxygen atoms in total. The van der Waals surface area contributed by atoms with Crippen molar-refractivity contribution in [1.82, 2.24) is 15.0 Å². The lowest BCUT2D eigenvalue weighted by molar-refractivity contribution is 0.751. The second-order valence-corrected chi connectivity index (χ2v) is 12.4. The predicted octanol–water partition coefficient (Wildman–Crippen LogP) is 10.5. The van der Waals surface area contributed by atoms with Crippen LogP contribution in [-0.4, -0.2) is 15.0 Å². The maximum absolute atomic E-state index is 5.25. The van der Waals surface area contributed by atoms with Crippen LogP contribution in [0.1, 0.15) is 22.3 Å². The molecule has 0 saturated heterocycles. The quantitative estimate of drug-likeness (QED) is 0.199. The number of para-hydroxylation sites is 4. The summed E-state index contributed by atoms with van der Waals surface area (Å²) in [5, 5.41) is 1.04. The van der Waals surface area contributed by atoms with Gasteiger partial charge in [-0.15, -0.1) is 0 Å². The summed E-state index contributed by atoms with van der Waals surface area (Å²) in [5.74, 6) is 0.706. The van der Waals surface area contributed by atoms with E-state index in [2.05, 4.69) is 157 Å². The summed E-state index contributed by atoms with van der Waals surface area (Å²) >= 11 is 0. The summed E-state index contributed by atoms with van der Waals surface area (Å²) in [6, 6.07) is 58.0. The Bertz CT molecular complexity index is 2480. The SMILES string of the molecule is c1ccc(-c2nc(-c3ccc4c(c3)C3(c5ccccc5N(c5ccccc5)c5ccccc53)c3cccnc3-4)nc3ccccc23)cc1. The minimum atomic E-state index is -0.591. The van der Waals surface area contributed by atoms with Crippen LogP contribution >= 0.6 is 0 Å². The van der Waals surface area contributed by atoms with Gasteiger partial charge in [0.2, 0.25) is 0 Å². The van der Waals surface area contributed by atoms with Crippen molar-refractivity contribution < 1.29 is 0 Å². The maximum atomic E-state index is 5.25. The lowest BCUT2D eigenvalue weighted by Gasteiger charge is -2.44. The number of anilines is 3. The molecule has 3 heterocycles. The van der Waals surface area contributed by atoms with E-state index in [-0.39, 0.29) is 0 Å². The fourth-order valence-electron chi connectivity index (χ4n) is 7.97. The van der Waals surface area contributed by atoms with E-state index in [1.165, 1.54) is 22.3 Å². The fraction of sp³-hybridized carbons (Fsp3) is 0.0227. The van der Waals surface area contributed by atoms with Crippen LogP contribution in [0.15, 0.2) is 170 Å². The molecule has 0 fully saturated rings. The Morgan fingerprint density at radius 3 is 1.88 bits per heavy atom. The normalized spacial score (nSPS) is 13.5. The number of fused-ring (bicyclic) bond motifs is 10. The minimum absolute atomic E-state index is 0.591. The number of rotatable bonds is 3. The largest absolute Gasteiger partial charge is 0.310 e. The van der Waals surface area contributed by atoms with Gasteiger partial charge >= 0.3 is 0 Å². The van der Waals surface area contributed by atoms with Gasteiger partial charge in [0, 0.05) is 34.0 Å². The monoisotopic (exact) mass is 612 g/mol. The zero-order valence-electron chi connectivity index (χ0n) is 26.0. The zero-order valence-corrected chi connectivity index (χ0v) is 26.0. The number of pyridine rings is 1. The summed E-state index contributed by atoms with van der Waals surface area (Å²) in [6.07, 6.45) is 1.91. The average molecular weight is 613 g/mol. The van der Waals surface area contributed by atoms with Crippen molar-refractivity contribution in [2.75, 3.05) is 4.90 Å². The Labute approximate surface area is 278 Å². The molecule has 1 aliphatic carbocycles. The van der Waals surface area contributed by atoms with Gasteiger partial charge in [-0.05, 0) is 64.7 Å². The van der Waals surface area contributed by atoms with Crippen molar-refractivity contribution >= 4 is 28.0 Å². The summed E-state index contributed by atoms with van der Waals surface area (Å²) in [5.41, 5.74) is 13.7. The van der Waals surface area contributed by atoms with Gasteiger partial charge in [0.05, 0.1) is 33.7 Å². The third-order valence-corrected chi connectivity index (χ3v) is 9.91. The maximum Gasteiger partial charge on any atom is 0.160 e. The predicted molar refractivity (Wildman–Crippen MR) is 194 cm³/mol. The number of benzene rings is 6. The highest BCUT2D eigenvalue weighted by molar-refractivity contribution is 5.97. The van der Waals surface area contributed by atoms with Crippen molar-refractivity contribution in [2.45, 2.75) is 5.41 Å². The summed E-state index contributed by atoms with van der Waals surface area (Å²) in [4.78, 5) is 17.8. The van der Waals surface area contributed by atoms with E-state index in [0.29, 0.717) is 5.82 Å². The Morgan fingerprint density at radius 1 is 0.458 bits per heavy atom. The van der Waals surface area contributed by atoms with Gasteiger partial charge in [-0.1, -0.05) is 121 Å². The molecule has 1 aliphatic heterocycles. The van der Waals surface area contributed by atoms with Crippen LogP contribution in [0.5, 0.6) is 0 Å². The van der Waals surface area contributed by atoms with Crippen molar-refractivity contribution in [2.24, 2.45) is 0 Å². The van der Waals surface area contributed by atoms with Crippen molar-refractivity contribution in [3.8, 4) is 33.9 Å². The third-order valence-electron chi connectivity index (χ3n) is 9.91. The van der Waals surface area contributed by atoms with E-state index in [1.807, 2.05) is 18.3 Å². The Balaban J connectivity index is 1.28. The van der Waals surface area contributed by atoms with Crippen LogP contribution in [0.3, 0.4) is 0 Å². The minimum Gasteiger partial charge on any atom is -0.310 e. The van der Waals surface area contributed by atoms with Gasteiger partial charge in [0.1, 0.15) is 0 Å². The lowest BCUT2D eigenvalue weighted by atomic mass is 9.64.